The molecule has 0 saturated heterocycles. The highest BCUT2D eigenvalue weighted by atomic mass is 35.5. The maximum atomic E-state index is 12.4. The summed E-state index contributed by atoms with van der Waals surface area (Å²) in [7, 11) is 0. The fourth-order valence-electron chi connectivity index (χ4n) is 1.76. The molecule has 118 valence electrons. The first-order valence-corrected chi connectivity index (χ1v) is 7.21. The lowest BCUT2D eigenvalue weighted by molar-refractivity contribution is -0.135. The molecule has 22 heavy (non-hydrogen) atoms. The van der Waals surface area contributed by atoms with Crippen molar-refractivity contribution in [2.75, 3.05) is 0 Å². The molecule has 1 aromatic carbocycles. The average molecular weight is 324 g/mol. The van der Waals surface area contributed by atoms with Gasteiger partial charge in [-0.3, -0.25) is 4.79 Å². The number of carbonyl (C=O) groups excluding carboxylic acids is 1. The van der Waals surface area contributed by atoms with Gasteiger partial charge >= 0.3 is 0 Å². The third-order valence-corrected chi connectivity index (χ3v) is 3.25. The number of carbonyl (C=O) groups is 1. The summed E-state index contributed by atoms with van der Waals surface area (Å²) in [6.45, 7) is 6.85. The van der Waals surface area contributed by atoms with E-state index >= 15 is 0 Å². The van der Waals surface area contributed by atoms with E-state index in [1.165, 1.54) is 0 Å². The molecule has 2 aromatic rings. The first kappa shape index (κ1) is 16.3. The van der Waals surface area contributed by atoms with Crippen molar-refractivity contribution >= 4 is 17.5 Å². The maximum Gasteiger partial charge on any atom is 0.264 e. The molecule has 1 atom stereocenters. The van der Waals surface area contributed by atoms with Crippen molar-refractivity contribution in [3.8, 4) is 5.75 Å². The van der Waals surface area contributed by atoms with Gasteiger partial charge in [0.1, 0.15) is 11.8 Å². The monoisotopic (exact) mass is 323 g/mol. The van der Waals surface area contributed by atoms with Gasteiger partial charge in [0.25, 0.3) is 5.91 Å². The number of hydrogen-bond acceptors (Lipinski definition) is 5. The van der Waals surface area contributed by atoms with Crippen LogP contribution in [0.5, 0.6) is 5.75 Å². The lowest BCUT2D eigenvalue weighted by Gasteiger charge is -2.26. The van der Waals surface area contributed by atoms with Gasteiger partial charge in [-0.2, -0.15) is 4.98 Å². The molecule has 0 bridgehead atoms. The molecular weight excluding hydrogens is 306 g/mol. The average Bonchev–Trinajstić information content (AvgIpc) is 2.88. The predicted octanol–water partition coefficient (Wildman–Crippen LogP) is 3.07. The van der Waals surface area contributed by atoms with E-state index < -0.39 is 11.6 Å². The number of hydrogen-bond donors (Lipinski definition) is 1. The Morgan fingerprint density at radius 3 is 2.55 bits per heavy atom. The number of aryl methyl sites for hydroxylation is 1. The largest absolute Gasteiger partial charge is 0.478 e. The number of nitrogens with one attached hydrogen (secondary N) is 1. The minimum absolute atomic E-state index is 0.286. The van der Waals surface area contributed by atoms with Crippen molar-refractivity contribution in [3.05, 3.63) is 41.0 Å². The molecule has 0 aliphatic heterocycles. The zero-order valence-corrected chi connectivity index (χ0v) is 13.6. The van der Waals surface area contributed by atoms with Crippen molar-refractivity contribution in [2.24, 2.45) is 0 Å². The van der Waals surface area contributed by atoms with Crippen LogP contribution < -0.4 is 10.1 Å². The SMILES string of the molecule is Cc1noc(C(C)NC(=O)C(C)(C)Oc2ccc(Cl)cc2)n1. The van der Waals surface area contributed by atoms with Gasteiger partial charge in [-0.15, -0.1) is 0 Å². The first-order valence-electron chi connectivity index (χ1n) is 6.83. The van der Waals surface area contributed by atoms with E-state index in [4.69, 9.17) is 20.9 Å². The molecule has 0 saturated carbocycles. The van der Waals surface area contributed by atoms with Crippen LogP contribution in [0.15, 0.2) is 28.8 Å². The molecule has 1 amide bonds. The molecule has 0 aliphatic carbocycles. The highest BCUT2D eigenvalue weighted by molar-refractivity contribution is 6.30. The summed E-state index contributed by atoms with van der Waals surface area (Å²) in [4.78, 5) is 16.5. The topological polar surface area (TPSA) is 77.2 Å². The van der Waals surface area contributed by atoms with Gasteiger partial charge < -0.3 is 14.6 Å². The van der Waals surface area contributed by atoms with Crippen LogP contribution in [-0.4, -0.2) is 21.6 Å². The van der Waals surface area contributed by atoms with Gasteiger partial charge in [-0.25, -0.2) is 0 Å². The Hall–Kier alpha value is -2.08. The summed E-state index contributed by atoms with van der Waals surface area (Å²) in [5.41, 5.74) is -1.06. The summed E-state index contributed by atoms with van der Waals surface area (Å²) >= 11 is 5.83. The minimum atomic E-state index is -1.06. The van der Waals surface area contributed by atoms with E-state index in [0.29, 0.717) is 22.5 Å². The van der Waals surface area contributed by atoms with Gasteiger partial charge in [0.15, 0.2) is 11.4 Å². The molecule has 0 spiro atoms. The molecule has 1 N–H and O–H groups in total. The first-order chi connectivity index (χ1) is 10.3. The van der Waals surface area contributed by atoms with Gasteiger partial charge in [0, 0.05) is 5.02 Å². The standard InChI is InChI=1S/C15H18ClN3O3/c1-9(13-18-10(2)19-22-13)17-14(20)15(3,4)21-12-7-5-11(16)6-8-12/h5-9H,1-4H3,(H,17,20). The summed E-state index contributed by atoms with van der Waals surface area (Å²) in [5.74, 6) is 1.15. The van der Waals surface area contributed by atoms with E-state index in [0.717, 1.165) is 0 Å². The van der Waals surface area contributed by atoms with E-state index in [9.17, 15) is 4.79 Å². The molecule has 0 radical (unpaired) electrons. The van der Waals surface area contributed by atoms with Gasteiger partial charge in [0.05, 0.1) is 0 Å². The van der Waals surface area contributed by atoms with Crippen molar-refractivity contribution in [3.63, 3.8) is 0 Å². The van der Waals surface area contributed by atoms with Crippen molar-refractivity contribution < 1.29 is 14.1 Å². The fraction of sp³-hybridized carbons (Fsp3) is 0.400. The Balaban J connectivity index is 2.02. The predicted molar refractivity (Wildman–Crippen MR) is 81.8 cm³/mol. The van der Waals surface area contributed by atoms with Crippen LogP contribution in [0.1, 0.15) is 38.5 Å². The number of rotatable bonds is 5. The maximum absolute atomic E-state index is 12.4. The molecule has 1 aromatic heterocycles. The summed E-state index contributed by atoms with van der Waals surface area (Å²) in [5, 5.41) is 7.10. The zero-order chi connectivity index (χ0) is 16.3. The van der Waals surface area contributed by atoms with Gasteiger partial charge in [-0.05, 0) is 52.0 Å². The van der Waals surface area contributed by atoms with E-state index in [1.54, 1.807) is 52.0 Å². The Bertz CT molecular complexity index is 652. The molecule has 6 nitrogen and oxygen atoms in total. The number of ether oxygens (including phenoxy) is 1. The number of amides is 1. The Labute approximate surface area is 133 Å². The van der Waals surface area contributed by atoms with Crippen LogP contribution in [0.3, 0.4) is 0 Å². The van der Waals surface area contributed by atoms with Crippen molar-refractivity contribution in [1.29, 1.82) is 0 Å². The molecule has 1 heterocycles. The molecule has 0 fully saturated rings. The normalized spacial score (nSPS) is 12.8. The molecule has 7 heteroatoms. The Morgan fingerprint density at radius 2 is 2.00 bits per heavy atom. The second kappa shape index (κ2) is 6.36. The highest BCUT2D eigenvalue weighted by Gasteiger charge is 2.32. The number of halogens is 1. The highest BCUT2D eigenvalue weighted by Crippen LogP contribution is 2.22. The third kappa shape index (κ3) is 3.98. The fourth-order valence-corrected chi connectivity index (χ4v) is 1.89. The number of benzene rings is 1. The molecule has 0 aliphatic rings. The van der Waals surface area contributed by atoms with Crippen LogP contribution in [0.25, 0.3) is 0 Å². The van der Waals surface area contributed by atoms with Crippen LogP contribution in [-0.2, 0) is 4.79 Å². The lowest BCUT2D eigenvalue weighted by atomic mass is 10.1. The second-order valence-electron chi connectivity index (χ2n) is 5.44. The summed E-state index contributed by atoms with van der Waals surface area (Å²) in [6, 6.07) is 6.43. The summed E-state index contributed by atoms with van der Waals surface area (Å²) in [6.07, 6.45) is 0. The van der Waals surface area contributed by atoms with Crippen LogP contribution >= 0.6 is 11.6 Å². The Morgan fingerprint density at radius 1 is 1.36 bits per heavy atom. The van der Waals surface area contributed by atoms with Crippen molar-refractivity contribution in [1.82, 2.24) is 15.5 Å². The van der Waals surface area contributed by atoms with E-state index in [1.807, 2.05) is 0 Å². The van der Waals surface area contributed by atoms with Crippen LogP contribution in [0.2, 0.25) is 5.02 Å². The number of aromatic nitrogens is 2. The Kier molecular flexibility index (Phi) is 4.71. The van der Waals surface area contributed by atoms with Crippen molar-refractivity contribution in [2.45, 2.75) is 39.3 Å². The molecular formula is C15H18ClN3O3. The smallest absolute Gasteiger partial charge is 0.264 e. The molecule has 2 rings (SSSR count). The second-order valence-corrected chi connectivity index (χ2v) is 5.88. The summed E-state index contributed by atoms with van der Waals surface area (Å²) < 4.78 is 10.8. The van der Waals surface area contributed by atoms with E-state index in [2.05, 4.69) is 15.5 Å². The third-order valence-electron chi connectivity index (χ3n) is 2.99. The minimum Gasteiger partial charge on any atom is -0.478 e. The molecule has 1 unspecified atom stereocenters. The van der Waals surface area contributed by atoms with Crippen LogP contribution in [0.4, 0.5) is 0 Å². The zero-order valence-electron chi connectivity index (χ0n) is 12.9. The van der Waals surface area contributed by atoms with Crippen LogP contribution in [0, 0.1) is 6.92 Å². The van der Waals surface area contributed by atoms with Gasteiger partial charge in [0.2, 0.25) is 5.89 Å². The van der Waals surface area contributed by atoms with E-state index in [-0.39, 0.29) is 5.91 Å². The number of nitrogens with zero attached hydrogens (tertiary/aromatic N) is 2. The van der Waals surface area contributed by atoms with Gasteiger partial charge in [-0.1, -0.05) is 16.8 Å². The lowest BCUT2D eigenvalue weighted by Crippen LogP contribution is -2.47. The quantitative estimate of drug-likeness (QED) is 0.915.